The lowest BCUT2D eigenvalue weighted by Gasteiger charge is -2.22. The zero-order valence-corrected chi connectivity index (χ0v) is 10.4. The summed E-state index contributed by atoms with van der Waals surface area (Å²) in [6.45, 7) is -1.27. The van der Waals surface area contributed by atoms with Gasteiger partial charge in [0.15, 0.2) is 0 Å². The van der Waals surface area contributed by atoms with Crippen LogP contribution in [0.4, 0.5) is 0 Å². The second-order valence-corrected chi connectivity index (χ2v) is 5.60. The predicted octanol–water partition coefficient (Wildman–Crippen LogP) is -0.758. The second kappa shape index (κ2) is 6.80. The molecule has 0 bridgehead atoms. The number of phosphoric acid groups is 2. The molecule has 0 radical (unpaired) electrons. The molecule has 3 atom stereocenters. The first-order chi connectivity index (χ1) is 7.22. The minimum atomic E-state index is -4.43. The van der Waals surface area contributed by atoms with Crippen LogP contribution in [0.2, 0.25) is 0 Å². The van der Waals surface area contributed by atoms with Crippen molar-refractivity contribution in [2.24, 2.45) is 0 Å². The van der Waals surface area contributed by atoms with Crippen molar-refractivity contribution < 1.29 is 42.1 Å². The lowest BCUT2D eigenvalue weighted by Crippen LogP contribution is -2.22. The minimum Gasteiger partial charge on any atom is -0.756 e. The second-order valence-electron chi connectivity index (χ2n) is 2.53. The first kappa shape index (κ1) is 16.2. The monoisotopic (exact) mass is 279 g/mol. The molecule has 0 heterocycles. The standard InChI is InChI=1S/C5H14O9P2/c1-11-15(7,8)13-3-5(6)4-14-16(9,10)12-2/h5-6H,3-4H2,1-2H3,(H,7,8)(H,9,10)/p-1. The number of phosphoric ester groups is 2. The van der Waals surface area contributed by atoms with Gasteiger partial charge in [0, 0.05) is 14.2 Å². The molecule has 3 unspecified atom stereocenters. The van der Waals surface area contributed by atoms with Crippen molar-refractivity contribution in [1.82, 2.24) is 0 Å². The fraction of sp³-hybridized carbons (Fsp3) is 1.00. The van der Waals surface area contributed by atoms with Gasteiger partial charge in [-0.05, 0) is 0 Å². The van der Waals surface area contributed by atoms with E-state index in [1.807, 2.05) is 0 Å². The van der Waals surface area contributed by atoms with Gasteiger partial charge < -0.3 is 23.9 Å². The first-order valence-corrected chi connectivity index (χ1v) is 6.90. The van der Waals surface area contributed by atoms with Crippen LogP contribution in [0, 0.1) is 0 Å². The Balaban J connectivity index is 3.89. The molecule has 2 N–H and O–H groups in total. The lowest BCUT2D eigenvalue weighted by atomic mass is 10.4. The average molecular weight is 279 g/mol. The maximum Gasteiger partial charge on any atom is 0.472 e. The van der Waals surface area contributed by atoms with Gasteiger partial charge in [-0.1, -0.05) is 0 Å². The van der Waals surface area contributed by atoms with E-state index in [4.69, 9.17) is 10.00 Å². The molecule has 0 aromatic heterocycles. The molecule has 16 heavy (non-hydrogen) atoms. The van der Waals surface area contributed by atoms with Crippen molar-refractivity contribution in [3.8, 4) is 0 Å². The largest absolute Gasteiger partial charge is 0.756 e. The summed E-state index contributed by atoms with van der Waals surface area (Å²) in [4.78, 5) is 19.4. The summed E-state index contributed by atoms with van der Waals surface area (Å²) in [6.07, 6.45) is -1.41. The summed E-state index contributed by atoms with van der Waals surface area (Å²) in [5.41, 5.74) is 0. The van der Waals surface area contributed by atoms with Gasteiger partial charge >= 0.3 is 7.82 Å². The molecule has 0 aliphatic heterocycles. The number of rotatable bonds is 8. The summed E-state index contributed by atoms with van der Waals surface area (Å²) in [5.74, 6) is 0. The number of hydrogen-bond acceptors (Lipinski definition) is 8. The van der Waals surface area contributed by atoms with E-state index in [9.17, 15) is 14.0 Å². The zero-order chi connectivity index (χ0) is 12.8. The van der Waals surface area contributed by atoms with E-state index in [0.29, 0.717) is 0 Å². The highest BCUT2D eigenvalue weighted by atomic mass is 31.2. The van der Waals surface area contributed by atoms with Crippen LogP contribution in [0.15, 0.2) is 0 Å². The molecule has 0 saturated carbocycles. The predicted molar refractivity (Wildman–Crippen MR) is 49.4 cm³/mol. The molecule has 9 nitrogen and oxygen atoms in total. The lowest BCUT2D eigenvalue weighted by molar-refractivity contribution is -0.225. The van der Waals surface area contributed by atoms with Crippen LogP contribution in [0.5, 0.6) is 0 Å². The number of hydrogen-bond donors (Lipinski definition) is 2. The molecule has 0 rings (SSSR count). The highest BCUT2D eigenvalue weighted by Gasteiger charge is 2.21. The van der Waals surface area contributed by atoms with Crippen LogP contribution >= 0.6 is 15.6 Å². The topological polar surface area (TPSA) is 135 Å². The smallest absolute Gasteiger partial charge is 0.472 e. The van der Waals surface area contributed by atoms with Gasteiger partial charge in [0.1, 0.15) is 6.10 Å². The molecule has 98 valence electrons. The molecule has 0 aromatic rings. The summed E-state index contributed by atoms with van der Waals surface area (Å²) in [5, 5.41) is 9.11. The first-order valence-electron chi connectivity index (χ1n) is 3.95. The maximum absolute atomic E-state index is 10.8. The van der Waals surface area contributed by atoms with Gasteiger partial charge in [-0.3, -0.25) is 13.6 Å². The van der Waals surface area contributed by atoms with Crippen molar-refractivity contribution in [3.63, 3.8) is 0 Å². The Morgan fingerprint density at radius 3 is 2.12 bits per heavy atom. The fourth-order valence-corrected chi connectivity index (χ4v) is 1.44. The van der Waals surface area contributed by atoms with E-state index in [-0.39, 0.29) is 0 Å². The van der Waals surface area contributed by atoms with Gasteiger partial charge in [0.2, 0.25) is 0 Å². The van der Waals surface area contributed by atoms with E-state index in [2.05, 4.69) is 18.1 Å². The van der Waals surface area contributed by atoms with Crippen LogP contribution in [-0.4, -0.2) is 43.5 Å². The van der Waals surface area contributed by atoms with Crippen molar-refractivity contribution in [2.75, 3.05) is 27.4 Å². The van der Waals surface area contributed by atoms with Crippen molar-refractivity contribution in [2.45, 2.75) is 6.10 Å². The van der Waals surface area contributed by atoms with Crippen LogP contribution in [0.3, 0.4) is 0 Å². The van der Waals surface area contributed by atoms with E-state index in [1.165, 1.54) is 0 Å². The Labute approximate surface area is 92.1 Å². The summed E-state index contributed by atoms with van der Waals surface area (Å²) in [6, 6.07) is 0. The Hall–Kier alpha value is 0.180. The highest BCUT2D eigenvalue weighted by Crippen LogP contribution is 2.42. The molecule has 0 amide bonds. The quantitative estimate of drug-likeness (QED) is 0.549. The molecule has 0 aliphatic carbocycles. The minimum absolute atomic E-state index is 0.620. The van der Waals surface area contributed by atoms with Crippen molar-refractivity contribution in [3.05, 3.63) is 0 Å². The number of aliphatic hydroxyl groups excluding tert-OH is 1. The van der Waals surface area contributed by atoms with Crippen LogP contribution in [0.25, 0.3) is 0 Å². The summed E-state index contributed by atoms with van der Waals surface area (Å²) >= 11 is 0. The number of aliphatic hydroxyl groups is 1. The molecule has 0 fully saturated rings. The Kier molecular flexibility index (Phi) is 6.88. The van der Waals surface area contributed by atoms with E-state index >= 15 is 0 Å². The third kappa shape index (κ3) is 7.45. The van der Waals surface area contributed by atoms with Gasteiger partial charge in [0.05, 0.1) is 13.2 Å². The molecule has 11 heteroatoms. The van der Waals surface area contributed by atoms with Gasteiger partial charge in [-0.2, -0.15) is 0 Å². The van der Waals surface area contributed by atoms with Gasteiger partial charge in [-0.25, -0.2) is 4.57 Å². The maximum atomic E-state index is 10.8. The SMILES string of the molecule is COP(=O)([O-])OCC(O)COP(=O)(O)OC. The van der Waals surface area contributed by atoms with E-state index < -0.39 is 35.0 Å². The summed E-state index contributed by atoms with van der Waals surface area (Å²) < 4.78 is 37.9. The van der Waals surface area contributed by atoms with E-state index in [0.717, 1.165) is 14.2 Å². The van der Waals surface area contributed by atoms with Crippen LogP contribution < -0.4 is 4.89 Å². The molecular weight excluding hydrogens is 266 g/mol. The molecule has 0 aliphatic rings. The fourth-order valence-electron chi connectivity index (χ4n) is 0.511. The molecule has 0 spiro atoms. The van der Waals surface area contributed by atoms with Crippen LogP contribution in [-0.2, 0) is 27.2 Å². The Bertz CT molecular complexity index is 264. The third-order valence-electron chi connectivity index (χ3n) is 1.31. The van der Waals surface area contributed by atoms with E-state index in [1.54, 1.807) is 0 Å². The van der Waals surface area contributed by atoms with Crippen molar-refractivity contribution >= 4 is 15.6 Å². The Morgan fingerprint density at radius 1 is 1.19 bits per heavy atom. The Morgan fingerprint density at radius 2 is 1.69 bits per heavy atom. The zero-order valence-electron chi connectivity index (χ0n) is 8.64. The third-order valence-corrected chi connectivity index (χ3v) is 3.16. The molecule has 0 aromatic carbocycles. The van der Waals surface area contributed by atoms with Crippen molar-refractivity contribution in [1.29, 1.82) is 0 Å². The van der Waals surface area contributed by atoms with Crippen LogP contribution in [0.1, 0.15) is 0 Å². The highest BCUT2D eigenvalue weighted by molar-refractivity contribution is 7.47. The molecule has 0 saturated heterocycles. The van der Waals surface area contributed by atoms with Gasteiger partial charge in [-0.15, -0.1) is 0 Å². The summed E-state index contributed by atoms with van der Waals surface area (Å²) in [7, 11) is -6.78. The average Bonchev–Trinajstić information content (AvgIpc) is 2.24. The molecular formula is C5H13O9P2-. The normalized spacial score (nSPS) is 21.1. The van der Waals surface area contributed by atoms with Gasteiger partial charge in [0.25, 0.3) is 7.82 Å².